The van der Waals surface area contributed by atoms with Crippen molar-refractivity contribution in [2.24, 2.45) is 5.73 Å². The maximum atomic E-state index is 11.7. The van der Waals surface area contributed by atoms with Gasteiger partial charge in [-0.1, -0.05) is 6.07 Å². The summed E-state index contributed by atoms with van der Waals surface area (Å²) in [4.78, 5) is 15.9. The predicted octanol–water partition coefficient (Wildman–Crippen LogP) is 1.07. The van der Waals surface area contributed by atoms with E-state index in [-0.39, 0.29) is 11.4 Å². The quantitative estimate of drug-likeness (QED) is 0.762. The van der Waals surface area contributed by atoms with Crippen LogP contribution in [0, 0.1) is 0 Å². The number of amides is 1. The smallest absolute Gasteiger partial charge is 0.270 e. The van der Waals surface area contributed by atoms with Gasteiger partial charge in [0.2, 0.25) is 0 Å². The summed E-state index contributed by atoms with van der Waals surface area (Å²) in [6, 6.07) is 5.26. The lowest BCUT2D eigenvalue weighted by atomic mass is 10.1. The maximum Gasteiger partial charge on any atom is 0.270 e. The first-order chi connectivity index (χ1) is 6.92. The van der Waals surface area contributed by atoms with Crippen molar-refractivity contribution in [3.63, 3.8) is 0 Å². The van der Waals surface area contributed by atoms with Gasteiger partial charge < -0.3 is 11.1 Å². The normalized spacial score (nSPS) is 11.2. The molecular weight excluding hydrogens is 190 g/mol. The van der Waals surface area contributed by atoms with Gasteiger partial charge in [0, 0.05) is 12.1 Å². The van der Waals surface area contributed by atoms with Gasteiger partial charge in [0.15, 0.2) is 0 Å². The first-order valence-corrected chi connectivity index (χ1v) is 4.91. The zero-order valence-electron chi connectivity index (χ0n) is 9.37. The zero-order chi connectivity index (χ0) is 11.5. The Morgan fingerprint density at radius 3 is 2.67 bits per heavy atom. The van der Waals surface area contributed by atoms with E-state index in [1.165, 1.54) is 0 Å². The molecule has 0 aromatic carbocycles. The largest absolute Gasteiger partial charge is 0.346 e. The Hall–Kier alpha value is -1.42. The molecule has 1 heterocycles. The minimum Gasteiger partial charge on any atom is -0.346 e. The summed E-state index contributed by atoms with van der Waals surface area (Å²) in [7, 11) is 0. The lowest BCUT2D eigenvalue weighted by Crippen LogP contribution is -2.41. The van der Waals surface area contributed by atoms with E-state index in [1.54, 1.807) is 18.2 Å². The number of hydrogen-bond acceptors (Lipinski definition) is 3. The van der Waals surface area contributed by atoms with Crippen LogP contribution in [0.25, 0.3) is 0 Å². The van der Waals surface area contributed by atoms with Crippen LogP contribution in [0.3, 0.4) is 0 Å². The standard InChI is InChI=1S/C11H17N3O/c1-11(2,3)14-10(15)9-6-4-5-8(7-12)13-9/h4-6H,7,12H2,1-3H3,(H,14,15). The van der Waals surface area contributed by atoms with E-state index in [9.17, 15) is 4.79 Å². The molecule has 0 saturated carbocycles. The number of nitrogens with zero attached hydrogens (tertiary/aromatic N) is 1. The number of nitrogens with two attached hydrogens (primary N) is 1. The second kappa shape index (κ2) is 4.40. The fourth-order valence-corrected chi connectivity index (χ4v) is 1.12. The van der Waals surface area contributed by atoms with Crippen molar-refractivity contribution in [3.8, 4) is 0 Å². The van der Waals surface area contributed by atoms with Crippen LogP contribution in [0.15, 0.2) is 18.2 Å². The molecule has 0 spiro atoms. The van der Waals surface area contributed by atoms with E-state index in [0.29, 0.717) is 12.2 Å². The fraction of sp³-hybridized carbons (Fsp3) is 0.455. The molecule has 0 radical (unpaired) electrons. The molecule has 15 heavy (non-hydrogen) atoms. The number of rotatable bonds is 2. The molecule has 0 unspecified atom stereocenters. The Labute approximate surface area is 89.9 Å². The Kier molecular flexibility index (Phi) is 3.42. The third-order valence-electron chi connectivity index (χ3n) is 1.74. The molecule has 3 N–H and O–H groups in total. The number of aromatic nitrogens is 1. The SMILES string of the molecule is CC(C)(C)NC(=O)c1cccc(CN)n1. The lowest BCUT2D eigenvalue weighted by Gasteiger charge is -2.20. The second-order valence-corrected chi connectivity index (χ2v) is 4.42. The van der Waals surface area contributed by atoms with Crippen LogP contribution in [0.1, 0.15) is 37.0 Å². The topological polar surface area (TPSA) is 68.0 Å². The third kappa shape index (κ3) is 3.67. The number of hydrogen-bond donors (Lipinski definition) is 2. The van der Waals surface area contributed by atoms with Crippen molar-refractivity contribution in [1.82, 2.24) is 10.3 Å². The summed E-state index contributed by atoms with van der Waals surface area (Å²) < 4.78 is 0. The minimum atomic E-state index is -0.252. The molecular formula is C11H17N3O. The first kappa shape index (κ1) is 11.7. The highest BCUT2D eigenvalue weighted by Gasteiger charge is 2.16. The second-order valence-electron chi connectivity index (χ2n) is 4.42. The van der Waals surface area contributed by atoms with Crippen molar-refractivity contribution >= 4 is 5.91 Å². The third-order valence-corrected chi connectivity index (χ3v) is 1.74. The molecule has 1 amide bonds. The molecule has 1 rings (SSSR count). The van der Waals surface area contributed by atoms with E-state index in [4.69, 9.17) is 5.73 Å². The highest BCUT2D eigenvalue weighted by atomic mass is 16.2. The van der Waals surface area contributed by atoms with Gasteiger partial charge in [-0.2, -0.15) is 0 Å². The summed E-state index contributed by atoms with van der Waals surface area (Å²) in [5, 5.41) is 2.84. The van der Waals surface area contributed by atoms with E-state index < -0.39 is 0 Å². The van der Waals surface area contributed by atoms with Crippen molar-refractivity contribution in [3.05, 3.63) is 29.6 Å². The van der Waals surface area contributed by atoms with Gasteiger partial charge >= 0.3 is 0 Å². The molecule has 4 heteroatoms. The van der Waals surface area contributed by atoms with Gasteiger partial charge in [0.05, 0.1) is 5.69 Å². The zero-order valence-corrected chi connectivity index (χ0v) is 9.37. The molecule has 0 bridgehead atoms. The summed E-state index contributed by atoms with van der Waals surface area (Å²) >= 11 is 0. The molecule has 1 aromatic rings. The molecule has 0 aliphatic carbocycles. The number of nitrogens with one attached hydrogen (secondary N) is 1. The van der Waals surface area contributed by atoms with Crippen LogP contribution in [0.2, 0.25) is 0 Å². The van der Waals surface area contributed by atoms with E-state index >= 15 is 0 Å². The number of pyridine rings is 1. The van der Waals surface area contributed by atoms with Crippen LogP contribution in [-0.2, 0) is 6.54 Å². The van der Waals surface area contributed by atoms with Gasteiger partial charge in [0.25, 0.3) is 5.91 Å². The molecule has 0 saturated heterocycles. The lowest BCUT2D eigenvalue weighted by molar-refractivity contribution is 0.0914. The van der Waals surface area contributed by atoms with Gasteiger partial charge in [0.1, 0.15) is 5.69 Å². The fourth-order valence-electron chi connectivity index (χ4n) is 1.12. The van der Waals surface area contributed by atoms with Crippen molar-refractivity contribution in [2.75, 3.05) is 0 Å². The molecule has 1 aromatic heterocycles. The average molecular weight is 207 g/mol. The van der Waals surface area contributed by atoms with Crippen LogP contribution in [0.4, 0.5) is 0 Å². The van der Waals surface area contributed by atoms with Crippen molar-refractivity contribution in [1.29, 1.82) is 0 Å². The molecule has 0 aliphatic heterocycles. The number of carbonyl (C=O) groups is 1. The summed E-state index contributed by atoms with van der Waals surface area (Å²) in [6.45, 7) is 6.13. The van der Waals surface area contributed by atoms with Gasteiger partial charge in [-0.15, -0.1) is 0 Å². The maximum absolute atomic E-state index is 11.7. The first-order valence-electron chi connectivity index (χ1n) is 4.91. The van der Waals surface area contributed by atoms with Crippen LogP contribution >= 0.6 is 0 Å². The molecule has 0 aliphatic rings. The average Bonchev–Trinajstić information content (AvgIpc) is 2.15. The minimum absolute atomic E-state index is 0.169. The molecule has 0 atom stereocenters. The Morgan fingerprint density at radius 1 is 1.47 bits per heavy atom. The van der Waals surface area contributed by atoms with E-state index in [2.05, 4.69) is 10.3 Å². The van der Waals surface area contributed by atoms with E-state index in [1.807, 2.05) is 20.8 Å². The molecule has 4 nitrogen and oxygen atoms in total. The summed E-state index contributed by atoms with van der Waals surface area (Å²) in [6.07, 6.45) is 0. The van der Waals surface area contributed by atoms with Gasteiger partial charge in [-0.05, 0) is 32.9 Å². The number of carbonyl (C=O) groups excluding carboxylic acids is 1. The van der Waals surface area contributed by atoms with Crippen LogP contribution < -0.4 is 11.1 Å². The Balaban J connectivity index is 2.82. The molecule has 82 valence electrons. The molecule has 0 fully saturated rings. The van der Waals surface area contributed by atoms with Crippen LogP contribution in [-0.4, -0.2) is 16.4 Å². The van der Waals surface area contributed by atoms with Gasteiger partial charge in [-0.25, -0.2) is 4.98 Å². The Bertz CT molecular complexity index is 355. The highest BCUT2D eigenvalue weighted by Crippen LogP contribution is 2.03. The summed E-state index contributed by atoms with van der Waals surface area (Å²) in [5.74, 6) is -0.169. The van der Waals surface area contributed by atoms with Crippen LogP contribution in [0.5, 0.6) is 0 Å². The van der Waals surface area contributed by atoms with E-state index in [0.717, 1.165) is 5.69 Å². The van der Waals surface area contributed by atoms with Crippen molar-refractivity contribution in [2.45, 2.75) is 32.9 Å². The highest BCUT2D eigenvalue weighted by molar-refractivity contribution is 5.92. The van der Waals surface area contributed by atoms with Gasteiger partial charge in [-0.3, -0.25) is 4.79 Å². The predicted molar refractivity (Wildman–Crippen MR) is 59.3 cm³/mol. The Morgan fingerprint density at radius 2 is 2.13 bits per heavy atom. The van der Waals surface area contributed by atoms with Crippen molar-refractivity contribution < 1.29 is 4.79 Å². The monoisotopic (exact) mass is 207 g/mol. The summed E-state index contributed by atoms with van der Waals surface area (Å²) in [5.41, 5.74) is 6.33.